The highest BCUT2D eigenvalue weighted by Crippen LogP contribution is 2.36. The summed E-state index contributed by atoms with van der Waals surface area (Å²) in [6, 6.07) is 17.6. The fourth-order valence-corrected chi connectivity index (χ4v) is 4.40. The molecule has 5 nitrogen and oxygen atoms in total. The van der Waals surface area contributed by atoms with Gasteiger partial charge in [0.05, 0.1) is 6.04 Å². The Balaban J connectivity index is 1.45. The topological polar surface area (TPSA) is 61.4 Å². The molecule has 2 N–H and O–H groups in total. The highest BCUT2D eigenvalue weighted by atomic mass is 32.1. The fraction of sp³-hybridized carbons (Fsp3) is 0.182. The van der Waals surface area contributed by atoms with Crippen LogP contribution in [0.3, 0.4) is 0 Å². The SMILES string of the molecule is O=C(NC[C@@H](c1cccs1)N1CCc2ccccc21)C(=O)Nc1cccc(F)c1. The average molecular weight is 409 g/mol. The maximum absolute atomic E-state index is 13.3. The smallest absolute Gasteiger partial charge is 0.313 e. The molecular weight excluding hydrogens is 389 g/mol. The van der Waals surface area contributed by atoms with Crippen LogP contribution in [0.2, 0.25) is 0 Å². The van der Waals surface area contributed by atoms with Gasteiger partial charge in [0.2, 0.25) is 0 Å². The molecule has 4 rings (SSSR count). The van der Waals surface area contributed by atoms with E-state index in [0.717, 1.165) is 23.5 Å². The van der Waals surface area contributed by atoms with Crippen LogP contribution in [-0.4, -0.2) is 24.9 Å². The zero-order valence-corrected chi connectivity index (χ0v) is 16.4. The second-order valence-electron chi connectivity index (χ2n) is 6.78. The number of fused-ring (bicyclic) bond motifs is 1. The van der Waals surface area contributed by atoms with Gasteiger partial charge >= 0.3 is 11.8 Å². The molecule has 1 aliphatic rings. The Morgan fingerprint density at radius 1 is 1.07 bits per heavy atom. The third-order valence-corrected chi connectivity index (χ3v) is 5.89. The zero-order valence-electron chi connectivity index (χ0n) is 15.6. The Morgan fingerprint density at radius 3 is 2.72 bits per heavy atom. The lowest BCUT2D eigenvalue weighted by molar-refractivity contribution is -0.136. The van der Waals surface area contributed by atoms with E-state index in [0.29, 0.717) is 6.54 Å². The molecule has 0 radical (unpaired) electrons. The number of carbonyl (C=O) groups excluding carboxylic acids is 2. The third kappa shape index (κ3) is 4.30. The Morgan fingerprint density at radius 2 is 1.93 bits per heavy atom. The van der Waals surface area contributed by atoms with Crippen LogP contribution in [0, 0.1) is 5.82 Å². The number of anilines is 2. The van der Waals surface area contributed by atoms with Crippen LogP contribution in [0.4, 0.5) is 15.8 Å². The zero-order chi connectivity index (χ0) is 20.2. The first-order valence-corrected chi connectivity index (χ1v) is 10.2. The molecule has 2 amide bonds. The van der Waals surface area contributed by atoms with Crippen LogP contribution in [0.25, 0.3) is 0 Å². The van der Waals surface area contributed by atoms with E-state index in [1.165, 1.54) is 29.8 Å². The maximum atomic E-state index is 13.3. The molecule has 148 valence electrons. The number of hydrogen-bond acceptors (Lipinski definition) is 4. The van der Waals surface area contributed by atoms with Crippen molar-refractivity contribution in [1.82, 2.24) is 5.32 Å². The van der Waals surface area contributed by atoms with Gasteiger partial charge in [0.15, 0.2) is 0 Å². The van der Waals surface area contributed by atoms with Crippen LogP contribution in [-0.2, 0) is 16.0 Å². The first-order chi connectivity index (χ1) is 14.1. The van der Waals surface area contributed by atoms with Crippen LogP contribution in [0.5, 0.6) is 0 Å². The van der Waals surface area contributed by atoms with Crippen LogP contribution in [0.1, 0.15) is 16.5 Å². The predicted molar refractivity (Wildman–Crippen MR) is 113 cm³/mol. The van der Waals surface area contributed by atoms with E-state index in [1.54, 1.807) is 11.3 Å². The normalized spacial score (nSPS) is 13.6. The summed E-state index contributed by atoms with van der Waals surface area (Å²) in [6.45, 7) is 1.15. The minimum Gasteiger partial charge on any atom is -0.361 e. The third-order valence-electron chi connectivity index (χ3n) is 4.92. The molecule has 1 atom stereocenters. The number of para-hydroxylation sites is 1. The molecule has 0 unspecified atom stereocenters. The standard InChI is InChI=1S/C22H20FN3O2S/c23-16-6-3-7-17(13-16)25-22(28)21(27)24-14-19(20-9-4-12-29-20)26-11-10-15-5-1-2-8-18(15)26/h1-9,12-13,19H,10-11,14H2,(H,24,27)(H,25,28)/t19-/m0/s1. The van der Waals surface area contributed by atoms with Gasteiger partial charge < -0.3 is 15.5 Å². The van der Waals surface area contributed by atoms with Crippen molar-refractivity contribution >= 4 is 34.5 Å². The van der Waals surface area contributed by atoms with Crippen LogP contribution < -0.4 is 15.5 Å². The van der Waals surface area contributed by atoms with Crippen molar-refractivity contribution < 1.29 is 14.0 Å². The Labute approximate surface area is 172 Å². The number of rotatable bonds is 5. The maximum Gasteiger partial charge on any atom is 0.313 e. The Bertz CT molecular complexity index is 1020. The molecule has 3 aromatic rings. The summed E-state index contributed by atoms with van der Waals surface area (Å²) >= 11 is 1.62. The number of halogens is 1. The summed E-state index contributed by atoms with van der Waals surface area (Å²) in [5, 5.41) is 7.16. The molecule has 0 aliphatic carbocycles. The lowest BCUT2D eigenvalue weighted by atomic mass is 10.1. The second kappa shape index (κ2) is 8.45. The summed E-state index contributed by atoms with van der Waals surface area (Å²) in [6.07, 6.45) is 0.950. The Kier molecular flexibility index (Phi) is 5.57. The monoisotopic (exact) mass is 409 g/mol. The molecule has 7 heteroatoms. The van der Waals surface area contributed by atoms with E-state index in [2.05, 4.69) is 27.7 Å². The molecule has 1 aliphatic heterocycles. The largest absolute Gasteiger partial charge is 0.361 e. The van der Waals surface area contributed by atoms with Crippen molar-refractivity contribution in [1.29, 1.82) is 0 Å². The quantitative estimate of drug-likeness (QED) is 0.631. The second-order valence-corrected chi connectivity index (χ2v) is 7.76. The predicted octanol–water partition coefficient (Wildman–Crippen LogP) is 3.75. The van der Waals surface area contributed by atoms with Gasteiger partial charge in [-0.1, -0.05) is 30.3 Å². The van der Waals surface area contributed by atoms with Gasteiger partial charge in [-0.2, -0.15) is 0 Å². The van der Waals surface area contributed by atoms with Crippen molar-refractivity contribution in [3.8, 4) is 0 Å². The van der Waals surface area contributed by atoms with Crippen molar-refractivity contribution in [3.63, 3.8) is 0 Å². The highest BCUT2D eigenvalue weighted by molar-refractivity contribution is 7.10. The number of nitrogens with zero attached hydrogens (tertiary/aromatic N) is 1. The van der Waals surface area contributed by atoms with Crippen molar-refractivity contribution in [2.45, 2.75) is 12.5 Å². The molecule has 0 fully saturated rings. The van der Waals surface area contributed by atoms with Gasteiger partial charge in [-0.15, -0.1) is 11.3 Å². The van der Waals surface area contributed by atoms with Crippen LogP contribution in [0.15, 0.2) is 66.0 Å². The summed E-state index contributed by atoms with van der Waals surface area (Å²) < 4.78 is 13.3. The molecule has 0 spiro atoms. The van der Waals surface area contributed by atoms with Gasteiger partial charge in [-0.25, -0.2) is 4.39 Å². The number of thiophene rings is 1. The summed E-state index contributed by atoms with van der Waals surface area (Å²) in [5.74, 6) is -2.04. The van der Waals surface area contributed by atoms with Gasteiger partial charge in [0, 0.05) is 29.3 Å². The summed E-state index contributed by atoms with van der Waals surface area (Å²) in [5.41, 5.74) is 2.68. The molecular formula is C22H20FN3O2S. The van der Waals surface area contributed by atoms with E-state index >= 15 is 0 Å². The minimum absolute atomic E-state index is 0.0652. The Hall–Kier alpha value is -3.19. The number of amides is 2. The molecule has 29 heavy (non-hydrogen) atoms. The van der Waals surface area contributed by atoms with E-state index < -0.39 is 17.6 Å². The molecule has 0 bridgehead atoms. The van der Waals surface area contributed by atoms with Crippen molar-refractivity contribution in [3.05, 3.63) is 82.3 Å². The molecule has 0 saturated carbocycles. The van der Waals surface area contributed by atoms with Crippen molar-refractivity contribution in [2.24, 2.45) is 0 Å². The number of carbonyl (C=O) groups is 2. The highest BCUT2D eigenvalue weighted by Gasteiger charge is 2.28. The average Bonchev–Trinajstić information content (AvgIpc) is 3.39. The van der Waals surface area contributed by atoms with E-state index in [1.807, 2.05) is 29.6 Å². The van der Waals surface area contributed by atoms with E-state index in [9.17, 15) is 14.0 Å². The lowest BCUT2D eigenvalue weighted by Gasteiger charge is -2.30. The molecule has 1 aromatic heterocycles. The lowest BCUT2D eigenvalue weighted by Crippen LogP contribution is -2.41. The molecule has 0 saturated heterocycles. The molecule has 2 aromatic carbocycles. The van der Waals surface area contributed by atoms with Gasteiger partial charge in [0.1, 0.15) is 5.82 Å². The first-order valence-electron chi connectivity index (χ1n) is 9.34. The van der Waals surface area contributed by atoms with Crippen molar-refractivity contribution in [2.75, 3.05) is 23.3 Å². The number of hydrogen-bond donors (Lipinski definition) is 2. The number of nitrogens with one attached hydrogen (secondary N) is 2. The molecule has 2 heterocycles. The fourth-order valence-electron chi connectivity index (χ4n) is 3.56. The van der Waals surface area contributed by atoms with Gasteiger partial charge in [-0.3, -0.25) is 9.59 Å². The van der Waals surface area contributed by atoms with Gasteiger partial charge in [0.25, 0.3) is 0 Å². The minimum atomic E-state index is -0.817. The first kappa shape index (κ1) is 19.1. The summed E-state index contributed by atoms with van der Waals surface area (Å²) in [4.78, 5) is 27.9. The number of benzene rings is 2. The van der Waals surface area contributed by atoms with E-state index in [-0.39, 0.29) is 11.7 Å². The summed E-state index contributed by atoms with van der Waals surface area (Å²) in [7, 11) is 0. The van der Waals surface area contributed by atoms with Gasteiger partial charge in [-0.05, 0) is 47.7 Å². The van der Waals surface area contributed by atoms with Crippen LogP contribution >= 0.6 is 11.3 Å². The van der Waals surface area contributed by atoms with E-state index in [4.69, 9.17) is 0 Å².